The van der Waals surface area contributed by atoms with E-state index in [2.05, 4.69) is 14.5 Å². The molecule has 1 saturated heterocycles. The van der Waals surface area contributed by atoms with Crippen molar-refractivity contribution < 1.29 is 12.8 Å². The van der Waals surface area contributed by atoms with Crippen molar-refractivity contribution in [3.8, 4) is 0 Å². The number of nitrogens with one attached hydrogen (secondary N) is 1. The van der Waals surface area contributed by atoms with Crippen molar-refractivity contribution in [3.63, 3.8) is 0 Å². The molecule has 7 heteroatoms. The topological polar surface area (TPSA) is 52.7 Å². The highest BCUT2D eigenvalue weighted by Gasteiger charge is 2.18. The molecule has 0 amide bonds. The van der Waals surface area contributed by atoms with Crippen LogP contribution in [0.15, 0.2) is 48.5 Å². The Morgan fingerprint density at radius 2 is 1.67 bits per heavy atom. The van der Waals surface area contributed by atoms with Crippen LogP contribution >= 0.6 is 0 Å². The van der Waals surface area contributed by atoms with Gasteiger partial charge in [0.05, 0.1) is 5.75 Å². The van der Waals surface area contributed by atoms with E-state index >= 15 is 0 Å². The lowest BCUT2D eigenvalue weighted by Gasteiger charge is -2.36. The average Bonchev–Trinajstić information content (AvgIpc) is 2.65. The van der Waals surface area contributed by atoms with Crippen LogP contribution in [0.25, 0.3) is 0 Å². The minimum Gasteiger partial charge on any atom is -0.369 e. The first-order valence-electron chi connectivity index (χ1n) is 9.18. The number of aryl methyl sites for hydroxylation is 1. The number of anilines is 1. The summed E-state index contributed by atoms with van der Waals surface area (Å²) in [4.78, 5) is 4.47. The van der Waals surface area contributed by atoms with Gasteiger partial charge in [0.2, 0.25) is 10.0 Å². The molecular formula is C20H26FN3O2S. The van der Waals surface area contributed by atoms with Crippen LogP contribution in [0.3, 0.4) is 0 Å². The van der Waals surface area contributed by atoms with Crippen LogP contribution in [0.4, 0.5) is 10.1 Å². The zero-order chi connectivity index (χ0) is 19.3. The van der Waals surface area contributed by atoms with E-state index in [0.29, 0.717) is 13.1 Å². The Morgan fingerprint density at radius 3 is 2.33 bits per heavy atom. The van der Waals surface area contributed by atoms with Crippen LogP contribution in [-0.2, 0) is 15.8 Å². The fraction of sp³-hybridized carbons (Fsp3) is 0.400. The maximum absolute atomic E-state index is 13.0. The summed E-state index contributed by atoms with van der Waals surface area (Å²) in [5.41, 5.74) is 2.84. The van der Waals surface area contributed by atoms with Crippen LogP contribution in [0.1, 0.15) is 11.1 Å². The second kappa shape index (κ2) is 8.82. The molecule has 0 bridgehead atoms. The molecule has 0 unspecified atom stereocenters. The molecule has 3 rings (SSSR count). The Kier molecular flexibility index (Phi) is 6.46. The third kappa shape index (κ3) is 5.76. The molecule has 146 valence electrons. The van der Waals surface area contributed by atoms with Crippen LogP contribution in [0, 0.1) is 12.7 Å². The van der Waals surface area contributed by atoms with E-state index in [1.165, 1.54) is 12.1 Å². The lowest BCUT2D eigenvalue weighted by Crippen LogP contribution is -2.48. The quantitative estimate of drug-likeness (QED) is 0.787. The largest absolute Gasteiger partial charge is 0.369 e. The summed E-state index contributed by atoms with van der Waals surface area (Å²) in [5, 5.41) is 0. The number of nitrogens with zero attached hydrogens (tertiary/aromatic N) is 2. The molecule has 2 aromatic rings. The standard InChI is InChI=1S/C20H26FN3O2S/c1-17-4-2-3-5-18(17)16-27(25,26)22-10-11-23-12-14-24(15-13-23)20-8-6-19(21)7-9-20/h2-9,22H,10-16H2,1H3. The predicted octanol–water partition coefficient (Wildman–Crippen LogP) is 2.38. The molecule has 1 fully saturated rings. The Labute approximate surface area is 160 Å². The normalized spacial score (nSPS) is 15.9. The number of halogens is 1. The number of hydrogen-bond donors (Lipinski definition) is 1. The Morgan fingerprint density at radius 1 is 1.00 bits per heavy atom. The maximum atomic E-state index is 13.0. The van der Waals surface area contributed by atoms with E-state index in [-0.39, 0.29) is 11.6 Å². The molecule has 0 saturated carbocycles. The summed E-state index contributed by atoms with van der Waals surface area (Å²) < 4.78 is 40.3. The molecule has 0 atom stereocenters. The van der Waals surface area contributed by atoms with Gasteiger partial charge in [0.25, 0.3) is 0 Å². The summed E-state index contributed by atoms with van der Waals surface area (Å²) in [6.07, 6.45) is 0. The molecule has 5 nitrogen and oxygen atoms in total. The van der Waals surface area contributed by atoms with Gasteiger partial charge >= 0.3 is 0 Å². The van der Waals surface area contributed by atoms with E-state index in [0.717, 1.165) is 43.0 Å². The Balaban J connectivity index is 1.42. The number of sulfonamides is 1. The zero-order valence-corrected chi connectivity index (χ0v) is 16.4. The van der Waals surface area contributed by atoms with Crippen molar-refractivity contribution in [1.29, 1.82) is 0 Å². The maximum Gasteiger partial charge on any atom is 0.215 e. The molecule has 1 heterocycles. The van der Waals surface area contributed by atoms with E-state index < -0.39 is 10.0 Å². The fourth-order valence-corrected chi connectivity index (χ4v) is 4.51. The summed E-state index contributed by atoms with van der Waals surface area (Å²) in [6, 6.07) is 14.1. The van der Waals surface area contributed by atoms with Crippen LogP contribution < -0.4 is 9.62 Å². The van der Waals surface area contributed by atoms with Gasteiger partial charge in [-0.15, -0.1) is 0 Å². The van der Waals surface area contributed by atoms with Crippen molar-refractivity contribution >= 4 is 15.7 Å². The average molecular weight is 392 g/mol. The third-order valence-corrected chi connectivity index (χ3v) is 6.26. The van der Waals surface area contributed by atoms with Gasteiger partial charge in [0.15, 0.2) is 0 Å². The molecule has 0 aromatic heterocycles. The predicted molar refractivity (Wildman–Crippen MR) is 107 cm³/mol. The second-order valence-electron chi connectivity index (χ2n) is 6.89. The van der Waals surface area contributed by atoms with Crippen molar-refractivity contribution in [1.82, 2.24) is 9.62 Å². The lowest BCUT2D eigenvalue weighted by molar-refractivity contribution is 0.262. The van der Waals surface area contributed by atoms with Crippen molar-refractivity contribution in [2.45, 2.75) is 12.7 Å². The SMILES string of the molecule is Cc1ccccc1CS(=O)(=O)NCCN1CCN(c2ccc(F)cc2)CC1. The van der Waals surface area contributed by atoms with Crippen molar-refractivity contribution in [2.24, 2.45) is 0 Å². The molecule has 0 spiro atoms. The van der Waals surface area contributed by atoms with Gasteiger partial charge in [0, 0.05) is 45.0 Å². The van der Waals surface area contributed by atoms with Gasteiger partial charge in [-0.25, -0.2) is 17.5 Å². The van der Waals surface area contributed by atoms with Gasteiger partial charge in [-0.1, -0.05) is 24.3 Å². The third-order valence-electron chi connectivity index (χ3n) is 4.92. The lowest BCUT2D eigenvalue weighted by atomic mass is 10.1. The highest BCUT2D eigenvalue weighted by Crippen LogP contribution is 2.16. The molecule has 2 aromatic carbocycles. The van der Waals surface area contributed by atoms with Gasteiger partial charge in [-0.05, 0) is 42.3 Å². The molecule has 1 N–H and O–H groups in total. The fourth-order valence-electron chi connectivity index (χ4n) is 3.27. The van der Waals surface area contributed by atoms with E-state index in [9.17, 15) is 12.8 Å². The first-order chi connectivity index (χ1) is 12.9. The number of benzene rings is 2. The van der Waals surface area contributed by atoms with Gasteiger partial charge in [-0.2, -0.15) is 0 Å². The molecule has 1 aliphatic rings. The minimum absolute atomic E-state index is 0.0119. The van der Waals surface area contributed by atoms with Crippen molar-refractivity contribution in [2.75, 3.05) is 44.2 Å². The van der Waals surface area contributed by atoms with Crippen LogP contribution in [-0.4, -0.2) is 52.6 Å². The summed E-state index contributed by atoms with van der Waals surface area (Å²) in [5.74, 6) is -0.215. The van der Waals surface area contributed by atoms with E-state index in [1.807, 2.05) is 31.2 Å². The summed E-state index contributed by atoms with van der Waals surface area (Å²) in [6.45, 7) is 6.43. The molecule has 0 aliphatic carbocycles. The summed E-state index contributed by atoms with van der Waals surface area (Å²) >= 11 is 0. The van der Waals surface area contributed by atoms with E-state index in [1.54, 1.807) is 12.1 Å². The first kappa shape index (κ1) is 19.8. The first-order valence-corrected chi connectivity index (χ1v) is 10.8. The smallest absolute Gasteiger partial charge is 0.215 e. The second-order valence-corrected chi connectivity index (χ2v) is 8.69. The molecule has 0 radical (unpaired) electrons. The van der Waals surface area contributed by atoms with Crippen LogP contribution in [0.5, 0.6) is 0 Å². The van der Waals surface area contributed by atoms with Gasteiger partial charge in [-0.3, -0.25) is 4.90 Å². The number of rotatable bonds is 7. The monoisotopic (exact) mass is 391 g/mol. The van der Waals surface area contributed by atoms with Gasteiger partial charge in [0.1, 0.15) is 5.82 Å². The number of hydrogen-bond acceptors (Lipinski definition) is 4. The van der Waals surface area contributed by atoms with Crippen LogP contribution in [0.2, 0.25) is 0 Å². The minimum atomic E-state index is -3.34. The Bertz CT molecular complexity index is 848. The molecular weight excluding hydrogens is 365 g/mol. The van der Waals surface area contributed by atoms with Crippen molar-refractivity contribution in [3.05, 3.63) is 65.5 Å². The van der Waals surface area contributed by atoms with E-state index in [4.69, 9.17) is 0 Å². The van der Waals surface area contributed by atoms with Gasteiger partial charge < -0.3 is 4.90 Å². The number of piperazine rings is 1. The molecule has 1 aliphatic heterocycles. The highest BCUT2D eigenvalue weighted by atomic mass is 32.2. The Hall–Kier alpha value is -1.96. The highest BCUT2D eigenvalue weighted by molar-refractivity contribution is 7.88. The zero-order valence-electron chi connectivity index (χ0n) is 15.6. The summed E-state index contributed by atoms with van der Waals surface area (Å²) in [7, 11) is -3.34. The molecule has 27 heavy (non-hydrogen) atoms.